The van der Waals surface area contributed by atoms with Crippen LogP contribution in [0.4, 0.5) is 20.1 Å². The molecule has 5 aliphatic rings. The van der Waals surface area contributed by atoms with Gasteiger partial charge in [0, 0.05) is 73.0 Å². The summed E-state index contributed by atoms with van der Waals surface area (Å²) in [6.45, 7) is 19.7. The number of rotatable bonds is 58. The van der Waals surface area contributed by atoms with E-state index in [1.807, 2.05) is 19.9 Å². The minimum Gasteiger partial charge on any atom is -0.449 e. The molecule has 7 rings (SSSR count). The molecule has 3 unspecified atom stereocenters. The SMILES string of the molecule is CC[C@H](C)[C@@H]([C@@H](CC(=O)N1CCC[C@H]1[C@H](OC)[C@@H](C)C(=O)N[C@H](C)[C@@H](O)c1ccccc1)OC)N(C)C(=O)[C@@H](NC(=O)[C@H](C(C)C)N(C)C(=O)OCc1ccc(NC(=O)[C@H](CCCNC(N)=O)NC(=O)[C@@H](NC(=O)[C@H](CCC(=O)NC[C@H]2O[C@@H](CC(N)=O)[C@H](O)[C@@H]2O)NC(=O)CCOCCOCCOCCOCCNC(=O)OCC2[C@H]3CCC4C=CC4CC[C@@H]23)C(C)C)cc1)C(C)C. The molecule has 39 nitrogen and oxygen atoms in total. The summed E-state index contributed by atoms with van der Waals surface area (Å²) in [6, 6.07) is 6.21. The van der Waals surface area contributed by atoms with Crippen molar-refractivity contribution in [3.05, 3.63) is 77.9 Å². The highest BCUT2D eigenvalue weighted by Gasteiger charge is 2.52. The van der Waals surface area contributed by atoms with E-state index in [4.69, 9.17) is 54.1 Å². The lowest BCUT2D eigenvalue weighted by Gasteiger charge is -2.41. The summed E-state index contributed by atoms with van der Waals surface area (Å²) in [5.41, 5.74) is 12.0. The molecule has 2 saturated carbocycles. The molecular formula is C94H150N14O25. The number of anilines is 1. The highest BCUT2D eigenvalue weighted by molar-refractivity contribution is 5.99. The molecule has 2 aromatic carbocycles. The maximum absolute atomic E-state index is 15.0. The van der Waals surface area contributed by atoms with Gasteiger partial charge in [0.15, 0.2) is 0 Å². The van der Waals surface area contributed by atoms with E-state index in [9.17, 15) is 77.6 Å². The molecule has 2 aromatic rings. The number of nitrogens with two attached hydrogens (primary N) is 2. The number of carbonyl (C=O) groups is 13. The van der Waals surface area contributed by atoms with Crippen LogP contribution in [0.15, 0.2) is 66.7 Å². The maximum atomic E-state index is 15.0. The minimum absolute atomic E-state index is 0.00484. The number of hydrogen-bond acceptors (Lipinski definition) is 25. The first kappa shape index (κ1) is 110. The number of nitrogens with one attached hydrogen (secondary N) is 9. The number of amides is 14. The number of aliphatic hydroxyl groups excluding tert-OH is 3. The Kier molecular flexibility index (Phi) is 46.4. The lowest BCUT2D eigenvalue weighted by atomic mass is 9.74. The van der Waals surface area contributed by atoms with Crippen molar-refractivity contribution < 1.29 is 120 Å². The third-order valence-corrected chi connectivity index (χ3v) is 26.0. The van der Waals surface area contributed by atoms with Crippen LogP contribution in [0.3, 0.4) is 0 Å². The minimum atomic E-state index is -1.48. The normalized spacial score (nSPS) is 22.2. The van der Waals surface area contributed by atoms with E-state index in [0.717, 1.165) is 16.7 Å². The van der Waals surface area contributed by atoms with E-state index in [0.29, 0.717) is 81.1 Å². The van der Waals surface area contributed by atoms with Gasteiger partial charge < -0.3 is 127 Å². The Morgan fingerprint density at radius 3 is 1.77 bits per heavy atom. The Balaban J connectivity index is 0.886. The third-order valence-electron chi connectivity index (χ3n) is 26.0. The van der Waals surface area contributed by atoms with Gasteiger partial charge in [-0.2, -0.15) is 0 Å². The number of urea groups is 1. The summed E-state index contributed by atoms with van der Waals surface area (Å²) in [7, 11) is 6.01. The van der Waals surface area contributed by atoms with Gasteiger partial charge in [-0.3, -0.25) is 52.8 Å². The Morgan fingerprint density at radius 1 is 0.586 bits per heavy atom. The van der Waals surface area contributed by atoms with Crippen molar-refractivity contribution in [1.82, 2.24) is 57.2 Å². The number of nitrogens with zero attached hydrogens (tertiary/aromatic N) is 3. The lowest BCUT2D eigenvalue weighted by Crippen LogP contribution is -2.60. The second-order valence-electron chi connectivity index (χ2n) is 36.6. The largest absolute Gasteiger partial charge is 0.449 e. The molecule has 4 fully saturated rings. The van der Waals surface area contributed by atoms with Crippen LogP contribution in [0.1, 0.15) is 176 Å². The zero-order valence-corrected chi connectivity index (χ0v) is 79.9. The number of fused-ring (bicyclic) bond motifs is 2. The lowest BCUT2D eigenvalue weighted by molar-refractivity contribution is -0.148. The number of allylic oxidation sites excluding steroid dienone is 2. The molecule has 3 aliphatic carbocycles. The number of aliphatic hydroxyl groups is 3. The van der Waals surface area contributed by atoms with E-state index in [2.05, 4.69) is 60.0 Å². The molecule has 39 heteroatoms. The van der Waals surface area contributed by atoms with E-state index < -0.39 is 193 Å². The van der Waals surface area contributed by atoms with Gasteiger partial charge in [0.1, 0.15) is 55.1 Å². The first-order valence-corrected chi connectivity index (χ1v) is 47.0. The Hall–Kier alpha value is -9.71. The molecule has 2 heterocycles. The smallest absolute Gasteiger partial charge is 0.410 e. The number of likely N-dealkylation sites (tertiary alicyclic amines) is 1. The van der Waals surface area contributed by atoms with Crippen LogP contribution >= 0.6 is 0 Å². The quantitative estimate of drug-likeness (QED) is 0.0331. The van der Waals surface area contributed by atoms with Crippen molar-refractivity contribution in [3.8, 4) is 0 Å². The summed E-state index contributed by atoms with van der Waals surface area (Å²) >= 11 is 0. The number of ether oxygens (including phenoxy) is 9. The summed E-state index contributed by atoms with van der Waals surface area (Å²) in [6.07, 6.45) is 0.894. The molecule has 0 aromatic heterocycles. The summed E-state index contributed by atoms with van der Waals surface area (Å²) in [5, 5.41) is 56.5. The fourth-order valence-electron chi connectivity index (χ4n) is 18.0. The van der Waals surface area contributed by atoms with Gasteiger partial charge in [-0.05, 0) is 141 Å². The monoisotopic (exact) mass is 1880 g/mol. The fourth-order valence-corrected chi connectivity index (χ4v) is 18.0. The number of methoxy groups -OCH3 is 2. The van der Waals surface area contributed by atoms with Crippen molar-refractivity contribution >= 4 is 83.0 Å². The zero-order chi connectivity index (χ0) is 97.7. The average molecular weight is 1880 g/mol. The predicted molar refractivity (Wildman–Crippen MR) is 490 cm³/mol. The standard InChI is InChI=1S/C94H150N14O25/c1-15-57(8)81(71(125-13)50-77(112)108-40-20-24-70(108)85(126-14)58(9)86(116)100-59(10)82(113)63-21-17-16-18-22-63)106(11)91(121)79(55(4)5)105-90(120)80(56(6)7)107(12)94(124)132-52-60-25-31-64(32-26-60)101-87(117)68(23-19-38-97-92(96)122)103-89(119)78(54(2)3)104-88(118)69(35-36-75(110)99-51-73-84(115)83(114)72(133-73)49-74(95)109)102-76(111)37-41-127-43-45-129-47-48-130-46-44-128-42-39-98-93(123)131-53-67-65-33-29-61-27-28-62(61)30-34-66(65)67/h16-18,21-22,25-28,31-32,54-59,61-62,65-73,78-85,113-115H,15,19-20,23-24,29-30,33-53H2,1-14H3,(H2,95,109)(H,98,123)(H,99,110)(H,100,116)(H,101,117)(H,102,111)(H,103,119)(H,104,118)(H,105,120)(H3,96,97,122)/t57-,58+,59+,61?,62?,65-,66+,67?,68-,69-,70-,71+,72-,73+,78-,79-,80-,81-,82+,83-,84+,85+/m0/s1. The van der Waals surface area contributed by atoms with Gasteiger partial charge in [0.05, 0.1) is 121 Å². The Morgan fingerprint density at radius 2 is 1.19 bits per heavy atom. The highest BCUT2D eigenvalue weighted by atomic mass is 16.6. The van der Waals surface area contributed by atoms with Crippen LogP contribution in [-0.2, 0) is 97.2 Å². The van der Waals surface area contributed by atoms with Crippen LogP contribution in [0.25, 0.3) is 0 Å². The Bertz CT molecular complexity index is 4060. The Labute approximate surface area is 781 Å². The summed E-state index contributed by atoms with van der Waals surface area (Å²) < 4.78 is 51.4. The van der Waals surface area contributed by atoms with Gasteiger partial charge in [-0.15, -0.1) is 0 Å². The van der Waals surface area contributed by atoms with Crippen molar-refractivity contribution in [1.29, 1.82) is 0 Å². The van der Waals surface area contributed by atoms with Gasteiger partial charge >= 0.3 is 18.2 Å². The predicted octanol–water partition coefficient (Wildman–Crippen LogP) is 3.76. The van der Waals surface area contributed by atoms with Crippen molar-refractivity contribution in [3.63, 3.8) is 0 Å². The van der Waals surface area contributed by atoms with Crippen molar-refractivity contribution in [2.24, 2.45) is 70.6 Å². The first-order chi connectivity index (χ1) is 63.4. The number of likely N-dealkylation sites (N-methyl/N-ethyl adjacent to an activating group) is 2. The zero-order valence-electron chi connectivity index (χ0n) is 79.9. The average Bonchev–Trinajstić information content (AvgIpc) is 1.61. The summed E-state index contributed by atoms with van der Waals surface area (Å²) in [5.74, 6) is -5.56. The number of hydrogen-bond donors (Lipinski definition) is 14. The van der Waals surface area contributed by atoms with E-state index in [1.165, 1.54) is 64.0 Å². The van der Waals surface area contributed by atoms with Gasteiger partial charge in [-0.25, -0.2) is 14.4 Å². The van der Waals surface area contributed by atoms with Gasteiger partial charge in [0.2, 0.25) is 59.1 Å². The molecule has 746 valence electrons. The molecular weight excluding hydrogens is 1730 g/mol. The van der Waals surface area contributed by atoms with Crippen molar-refractivity contribution in [2.45, 2.75) is 257 Å². The topological polar surface area (TPSA) is 536 Å². The summed E-state index contributed by atoms with van der Waals surface area (Å²) in [4.78, 5) is 182. The third kappa shape index (κ3) is 34.6. The first-order valence-electron chi connectivity index (χ1n) is 47.0. The molecule has 133 heavy (non-hydrogen) atoms. The second kappa shape index (κ2) is 56.0. The number of benzene rings is 2. The van der Waals surface area contributed by atoms with Gasteiger partial charge in [0.25, 0.3) is 0 Å². The molecule has 0 bridgehead atoms. The van der Waals surface area contributed by atoms with Crippen LogP contribution in [0.2, 0.25) is 0 Å². The van der Waals surface area contributed by atoms with Crippen LogP contribution in [-0.4, -0.2) is 306 Å². The number of alkyl carbamates (subject to hydrolysis) is 1. The maximum Gasteiger partial charge on any atom is 0.410 e. The molecule has 0 radical (unpaired) electrons. The molecule has 14 amide bonds. The fraction of sp³-hybridized carbons (Fsp3) is 0.713. The van der Waals surface area contributed by atoms with Crippen LogP contribution in [0, 0.1) is 59.2 Å². The highest BCUT2D eigenvalue weighted by Crippen LogP contribution is 2.56. The van der Waals surface area contributed by atoms with Gasteiger partial charge in [-0.1, -0.05) is 123 Å². The van der Waals surface area contributed by atoms with E-state index >= 15 is 0 Å². The van der Waals surface area contributed by atoms with E-state index in [-0.39, 0.29) is 115 Å². The molecule has 2 saturated heterocycles. The van der Waals surface area contributed by atoms with E-state index in [1.54, 1.807) is 104 Å². The number of primary amides is 2. The second-order valence-corrected chi connectivity index (χ2v) is 36.6. The van der Waals surface area contributed by atoms with Crippen LogP contribution < -0.4 is 59.3 Å². The van der Waals surface area contributed by atoms with Crippen molar-refractivity contribution in [2.75, 3.05) is 119 Å². The molecule has 16 N–H and O–H groups in total. The van der Waals surface area contributed by atoms with Crippen LogP contribution in [0.5, 0.6) is 0 Å². The molecule has 0 spiro atoms. The molecule has 22 atom stereocenters. The molecule has 2 aliphatic heterocycles. The number of carbonyl (C=O) groups excluding carboxylic acids is 13.